The molecular weight excluding hydrogens is 376 g/mol. The van der Waals surface area contributed by atoms with Gasteiger partial charge in [0.15, 0.2) is 0 Å². The molecule has 0 unspecified atom stereocenters. The molecule has 0 aromatic heterocycles. The number of ether oxygens (including phenoxy) is 1. The number of sulfonamides is 1. The molecule has 1 N–H and O–H groups in total. The van der Waals surface area contributed by atoms with Gasteiger partial charge in [-0.3, -0.25) is 9.52 Å². The van der Waals surface area contributed by atoms with E-state index in [4.69, 9.17) is 16.3 Å². The van der Waals surface area contributed by atoms with Gasteiger partial charge in [0.05, 0.1) is 24.2 Å². The number of hydrogen-bond donors (Lipinski definition) is 1. The maximum absolute atomic E-state index is 12.4. The number of hydrogen-bond acceptors (Lipinski definition) is 4. The van der Waals surface area contributed by atoms with E-state index in [-0.39, 0.29) is 11.7 Å². The molecule has 138 valence electrons. The van der Waals surface area contributed by atoms with E-state index in [0.717, 1.165) is 6.42 Å². The van der Waals surface area contributed by atoms with Crippen molar-refractivity contribution in [2.75, 3.05) is 23.3 Å². The lowest BCUT2D eigenvalue weighted by Gasteiger charge is -2.20. The van der Waals surface area contributed by atoms with Crippen LogP contribution in [0.15, 0.2) is 42.5 Å². The van der Waals surface area contributed by atoms with E-state index in [1.165, 1.54) is 7.11 Å². The van der Waals surface area contributed by atoms with Gasteiger partial charge in [-0.05, 0) is 42.3 Å². The zero-order chi connectivity index (χ0) is 18.7. The predicted molar refractivity (Wildman–Crippen MR) is 102 cm³/mol. The van der Waals surface area contributed by atoms with Crippen molar-refractivity contribution in [1.29, 1.82) is 0 Å². The number of methoxy groups -OCH3 is 1. The molecule has 0 atom stereocenters. The van der Waals surface area contributed by atoms with Gasteiger partial charge in [0.2, 0.25) is 15.9 Å². The molecule has 2 aromatic rings. The minimum absolute atomic E-state index is 0.00414. The van der Waals surface area contributed by atoms with Crippen molar-refractivity contribution in [2.24, 2.45) is 0 Å². The van der Waals surface area contributed by atoms with Gasteiger partial charge < -0.3 is 9.64 Å². The van der Waals surface area contributed by atoms with E-state index in [1.54, 1.807) is 47.4 Å². The molecule has 6 nitrogen and oxygen atoms in total. The molecule has 2 aromatic carbocycles. The Morgan fingerprint density at radius 2 is 1.92 bits per heavy atom. The number of halogens is 1. The highest BCUT2D eigenvalue weighted by Gasteiger charge is 2.25. The van der Waals surface area contributed by atoms with Crippen LogP contribution < -0.4 is 14.4 Å². The van der Waals surface area contributed by atoms with Gasteiger partial charge in [-0.15, -0.1) is 0 Å². The number of rotatable bonds is 6. The quantitative estimate of drug-likeness (QED) is 0.814. The van der Waals surface area contributed by atoms with E-state index in [0.29, 0.717) is 40.7 Å². The molecule has 0 spiro atoms. The highest BCUT2D eigenvalue weighted by molar-refractivity contribution is 7.91. The SMILES string of the molecule is COc1ccc(NS(=O)(=O)Cc2ccc(Cl)cc2)cc1N1CCCC1=O. The summed E-state index contributed by atoms with van der Waals surface area (Å²) >= 11 is 5.82. The largest absolute Gasteiger partial charge is 0.495 e. The van der Waals surface area contributed by atoms with Gasteiger partial charge in [-0.2, -0.15) is 0 Å². The number of carbonyl (C=O) groups is 1. The Morgan fingerprint density at radius 1 is 1.19 bits per heavy atom. The van der Waals surface area contributed by atoms with Gasteiger partial charge in [-0.1, -0.05) is 23.7 Å². The molecule has 0 bridgehead atoms. The summed E-state index contributed by atoms with van der Waals surface area (Å²) in [5, 5.41) is 0.550. The molecule has 0 aliphatic carbocycles. The van der Waals surface area contributed by atoms with Gasteiger partial charge in [0.25, 0.3) is 0 Å². The van der Waals surface area contributed by atoms with Crippen molar-refractivity contribution in [3.8, 4) is 5.75 Å². The van der Waals surface area contributed by atoms with Crippen LogP contribution in [0.25, 0.3) is 0 Å². The second-order valence-electron chi connectivity index (χ2n) is 6.02. The monoisotopic (exact) mass is 394 g/mol. The van der Waals surface area contributed by atoms with Crippen molar-refractivity contribution < 1.29 is 17.9 Å². The summed E-state index contributed by atoms with van der Waals surface area (Å²) in [7, 11) is -2.09. The molecule has 1 saturated heterocycles. The van der Waals surface area contributed by atoms with E-state index < -0.39 is 10.0 Å². The Labute approximate surface area is 157 Å². The molecule has 3 rings (SSSR count). The predicted octanol–water partition coefficient (Wildman–Crippen LogP) is 3.42. The van der Waals surface area contributed by atoms with Crippen molar-refractivity contribution in [3.63, 3.8) is 0 Å². The Kier molecular flexibility index (Phi) is 5.38. The molecule has 0 radical (unpaired) electrons. The zero-order valence-corrected chi connectivity index (χ0v) is 15.8. The van der Waals surface area contributed by atoms with Crippen LogP contribution in [-0.4, -0.2) is 28.0 Å². The third kappa shape index (κ3) is 4.28. The molecule has 1 aliphatic rings. The van der Waals surface area contributed by atoms with Gasteiger partial charge in [0, 0.05) is 18.0 Å². The Balaban J connectivity index is 1.82. The topological polar surface area (TPSA) is 75.7 Å². The summed E-state index contributed by atoms with van der Waals surface area (Å²) in [5.41, 5.74) is 1.58. The fourth-order valence-electron chi connectivity index (χ4n) is 2.88. The first-order chi connectivity index (χ1) is 12.4. The standard InChI is InChI=1S/C18H19ClN2O4S/c1-25-17-9-8-15(11-16(17)21-10-2-3-18(21)22)20-26(23,24)12-13-4-6-14(19)7-5-13/h4-9,11,20H,2-3,10,12H2,1H3. The maximum Gasteiger partial charge on any atom is 0.236 e. The van der Waals surface area contributed by atoms with Crippen LogP contribution in [0.5, 0.6) is 5.75 Å². The second kappa shape index (κ2) is 7.55. The Hall–Kier alpha value is -2.25. The number of amides is 1. The number of carbonyl (C=O) groups excluding carboxylic acids is 1. The van der Waals surface area contributed by atoms with Crippen molar-refractivity contribution in [2.45, 2.75) is 18.6 Å². The first-order valence-corrected chi connectivity index (χ1v) is 10.1. The summed E-state index contributed by atoms with van der Waals surface area (Å²) in [6.07, 6.45) is 1.25. The van der Waals surface area contributed by atoms with E-state index in [2.05, 4.69) is 4.72 Å². The highest BCUT2D eigenvalue weighted by atomic mass is 35.5. The Bertz CT molecular complexity index is 913. The van der Waals surface area contributed by atoms with Crippen LogP contribution in [0.1, 0.15) is 18.4 Å². The lowest BCUT2D eigenvalue weighted by atomic mass is 10.2. The first-order valence-electron chi connectivity index (χ1n) is 8.11. The Morgan fingerprint density at radius 3 is 2.54 bits per heavy atom. The lowest BCUT2D eigenvalue weighted by molar-refractivity contribution is -0.117. The maximum atomic E-state index is 12.4. The fourth-order valence-corrected chi connectivity index (χ4v) is 4.20. The molecule has 0 saturated carbocycles. The van der Waals surface area contributed by atoms with Gasteiger partial charge in [0.1, 0.15) is 5.75 Å². The number of anilines is 2. The minimum Gasteiger partial charge on any atom is -0.495 e. The van der Waals surface area contributed by atoms with Crippen LogP contribution in [-0.2, 0) is 20.6 Å². The van der Waals surface area contributed by atoms with Crippen molar-refractivity contribution in [3.05, 3.63) is 53.1 Å². The zero-order valence-electron chi connectivity index (χ0n) is 14.2. The number of nitrogens with one attached hydrogen (secondary N) is 1. The summed E-state index contributed by atoms with van der Waals surface area (Å²) in [4.78, 5) is 13.6. The molecule has 8 heteroatoms. The van der Waals surface area contributed by atoms with E-state index in [1.807, 2.05) is 0 Å². The smallest absolute Gasteiger partial charge is 0.236 e. The number of benzene rings is 2. The summed E-state index contributed by atoms with van der Waals surface area (Å²) < 4.78 is 32.8. The van der Waals surface area contributed by atoms with Crippen LogP contribution in [0.2, 0.25) is 5.02 Å². The third-order valence-electron chi connectivity index (χ3n) is 4.09. The van der Waals surface area contributed by atoms with Gasteiger partial charge >= 0.3 is 0 Å². The highest BCUT2D eigenvalue weighted by Crippen LogP contribution is 2.34. The van der Waals surface area contributed by atoms with Crippen LogP contribution in [0.4, 0.5) is 11.4 Å². The van der Waals surface area contributed by atoms with Crippen molar-refractivity contribution >= 4 is 38.9 Å². The summed E-state index contributed by atoms with van der Waals surface area (Å²) in [6, 6.07) is 11.5. The number of nitrogens with zero attached hydrogens (tertiary/aromatic N) is 1. The fraction of sp³-hybridized carbons (Fsp3) is 0.278. The average Bonchev–Trinajstić information content (AvgIpc) is 3.02. The minimum atomic E-state index is -3.61. The molecule has 1 heterocycles. The molecule has 1 fully saturated rings. The molecule has 1 aliphatic heterocycles. The first kappa shape index (κ1) is 18.5. The molecular formula is C18H19ClN2O4S. The third-order valence-corrected chi connectivity index (χ3v) is 5.60. The average molecular weight is 395 g/mol. The normalized spacial score (nSPS) is 14.5. The lowest BCUT2D eigenvalue weighted by Crippen LogP contribution is -2.24. The van der Waals surface area contributed by atoms with Crippen LogP contribution >= 0.6 is 11.6 Å². The van der Waals surface area contributed by atoms with Crippen LogP contribution in [0, 0.1) is 0 Å². The summed E-state index contributed by atoms with van der Waals surface area (Å²) in [5.74, 6) is 0.360. The van der Waals surface area contributed by atoms with E-state index in [9.17, 15) is 13.2 Å². The molecule has 26 heavy (non-hydrogen) atoms. The van der Waals surface area contributed by atoms with E-state index >= 15 is 0 Å². The van der Waals surface area contributed by atoms with Gasteiger partial charge in [-0.25, -0.2) is 8.42 Å². The van der Waals surface area contributed by atoms with Crippen molar-refractivity contribution in [1.82, 2.24) is 0 Å². The summed E-state index contributed by atoms with van der Waals surface area (Å²) in [6.45, 7) is 0.593. The second-order valence-corrected chi connectivity index (χ2v) is 8.18. The molecule has 1 amide bonds. The van der Waals surface area contributed by atoms with Crippen LogP contribution in [0.3, 0.4) is 0 Å².